The lowest BCUT2D eigenvalue weighted by atomic mass is 10.1. The van der Waals surface area contributed by atoms with E-state index in [9.17, 15) is 23.1 Å². The third kappa shape index (κ3) is 7.50. The van der Waals surface area contributed by atoms with Crippen LogP contribution in [-0.2, 0) is 19.3 Å². The summed E-state index contributed by atoms with van der Waals surface area (Å²) in [7, 11) is 1.41. The molecule has 31 heavy (non-hydrogen) atoms. The first-order chi connectivity index (χ1) is 14.6. The molecule has 7 nitrogen and oxygen atoms in total. The summed E-state index contributed by atoms with van der Waals surface area (Å²) in [6, 6.07) is 6.95. The van der Waals surface area contributed by atoms with Crippen LogP contribution in [0.2, 0.25) is 5.02 Å². The standard InChI is InChI=1S/C20H22ClF3N2O5/c1-30-17-6-13(16(21)7-18(17)31-11-15(28)10-27)9-26-19(29)25-8-12-2-4-14(5-3-12)20(22,23)24/h2-7,15,27-28H,8-11H2,1H3,(H2,25,26,29)/t15-/m0/s1. The number of methoxy groups -OCH3 is 1. The zero-order valence-corrected chi connectivity index (χ0v) is 17.3. The van der Waals surface area contributed by atoms with E-state index in [4.69, 9.17) is 26.2 Å². The number of nitrogens with one attached hydrogen (secondary N) is 2. The summed E-state index contributed by atoms with van der Waals surface area (Å²) in [6.07, 6.45) is -5.47. The van der Waals surface area contributed by atoms with Gasteiger partial charge in [-0.3, -0.25) is 0 Å². The van der Waals surface area contributed by atoms with E-state index in [1.54, 1.807) is 6.07 Å². The molecular formula is C20H22ClF3N2O5. The highest BCUT2D eigenvalue weighted by molar-refractivity contribution is 6.31. The van der Waals surface area contributed by atoms with Crippen molar-refractivity contribution in [2.75, 3.05) is 20.3 Å². The number of benzene rings is 2. The van der Waals surface area contributed by atoms with Crippen LogP contribution in [-0.4, -0.2) is 42.7 Å². The SMILES string of the molecule is COc1cc(CNC(=O)NCc2ccc(C(F)(F)F)cc2)c(Cl)cc1OC[C@@H](O)CO. The number of alkyl halides is 3. The molecule has 170 valence electrons. The van der Waals surface area contributed by atoms with E-state index < -0.39 is 30.5 Å². The summed E-state index contributed by atoms with van der Waals surface area (Å²) in [4.78, 5) is 12.0. The Balaban J connectivity index is 1.90. The smallest absolute Gasteiger partial charge is 0.416 e. The Labute approximate surface area is 181 Å². The largest absolute Gasteiger partial charge is 0.493 e. The number of amides is 2. The second kappa shape index (κ2) is 11.1. The van der Waals surface area contributed by atoms with Gasteiger partial charge < -0.3 is 30.3 Å². The Kier molecular flexibility index (Phi) is 8.78. The highest BCUT2D eigenvalue weighted by Gasteiger charge is 2.29. The van der Waals surface area contributed by atoms with Crippen molar-refractivity contribution in [2.24, 2.45) is 0 Å². The van der Waals surface area contributed by atoms with Crippen LogP contribution in [0.25, 0.3) is 0 Å². The average Bonchev–Trinajstić information content (AvgIpc) is 2.74. The lowest BCUT2D eigenvalue weighted by molar-refractivity contribution is -0.137. The van der Waals surface area contributed by atoms with Gasteiger partial charge in [0.1, 0.15) is 12.7 Å². The normalized spacial score (nSPS) is 12.2. The van der Waals surface area contributed by atoms with Crippen LogP contribution in [0.4, 0.5) is 18.0 Å². The molecule has 0 spiro atoms. The molecule has 0 aliphatic rings. The molecule has 0 heterocycles. The number of hydrogen-bond acceptors (Lipinski definition) is 5. The van der Waals surface area contributed by atoms with Gasteiger partial charge in [-0.15, -0.1) is 0 Å². The average molecular weight is 463 g/mol. The molecule has 2 amide bonds. The van der Waals surface area contributed by atoms with Crippen molar-refractivity contribution in [3.8, 4) is 11.5 Å². The van der Waals surface area contributed by atoms with E-state index in [0.717, 1.165) is 12.1 Å². The number of carbonyl (C=O) groups excluding carboxylic acids is 1. The predicted octanol–water partition coefficient (Wildman–Crippen LogP) is 3.10. The minimum absolute atomic E-state index is 0.0426. The second-order valence-corrected chi connectivity index (χ2v) is 6.88. The number of aliphatic hydroxyl groups excluding tert-OH is 2. The quantitative estimate of drug-likeness (QED) is 0.459. The van der Waals surface area contributed by atoms with Gasteiger partial charge in [-0.2, -0.15) is 13.2 Å². The first-order valence-electron chi connectivity index (χ1n) is 9.10. The van der Waals surface area contributed by atoms with Crippen molar-refractivity contribution in [1.82, 2.24) is 10.6 Å². The molecule has 0 fully saturated rings. The van der Waals surface area contributed by atoms with Crippen LogP contribution in [0, 0.1) is 0 Å². The summed E-state index contributed by atoms with van der Waals surface area (Å²) < 4.78 is 48.3. The highest BCUT2D eigenvalue weighted by atomic mass is 35.5. The number of ether oxygens (including phenoxy) is 2. The molecule has 11 heteroatoms. The van der Waals surface area contributed by atoms with E-state index in [2.05, 4.69) is 10.6 Å². The van der Waals surface area contributed by atoms with Crippen molar-refractivity contribution < 1.29 is 37.7 Å². The first-order valence-corrected chi connectivity index (χ1v) is 9.47. The van der Waals surface area contributed by atoms with Gasteiger partial charge in [0.15, 0.2) is 11.5 Å². The number of rotatable bonds is 9. The first kappa shape index (κ1) is 24.6. The van der Waals surface area contributed by atoms with E-state index in [1.165, 1.54) is 25.3 Å². The number of halogens is 4. The van der Waals surface area contributed by atoms with Crippen LogP contribution in [0.5, 0.6) is 11.5 Å². The zero-order valence-electron chi connectivity index (χ0n) is 16.5. The molecule has 2 aromatic rings. The third-order valence-corrected chi connectivity index (χ3v) is 4.50. The third-order valence-electron chi connectivity index (χ3n) is 4.15. The van der Waals surface area contributed by atoms with Crippen LogP contribution in [0.3, 0.4) is 0 Å². The number of aliphatic hydroxyl groups is 2. The van der Waals surface area contributed by atoms with Crippen molar-refractivity contribution >= 4 is 17.6 Å². The van der Waals surface area contributed by atoms with Crippen molar-refractivity contribution in [2.45, 2.75) is 25.4 Å². The van der Waals surface area contributed by atoms with E-state index >= 15 is 0 Å². The number of carbonyl (C=O) groups is 1. The van der Waals surface area contributed by atoms with Crippen LogP contribution >= 0.6 is 11.6 Å². The Bertz CT molecular complexity index is 878. The van der Waals surface area contributed by atoms with Gasteiger partial charge in [-0.25, -0.2) is 4.79 Å². The molecule has 0 unspecified atom stereocenters. The maximum Gasteiger partial charge on any atom is 0.416 e. The van der Waals surface area contributed by atoms with Gasteiger partial charge in [0.05, 0.1) is 19.3 Å². The highest BCUT2D eigenvalue weighted by Crippen LogP contribution is 2.33. The number of hydrogen-bond donors (Lipinski definition) is 4. The summed E-state index contributed by atoms with van der Waals surface area (Å²) in [6.45, 7) is -0.526. The lowest BCUT2D eigenvalue weighted by Gasteiger charge is -2.16. The molecule has 4 N–H and O–H groups in total. The maximum absolute atomic E-state index is 12.6. The van der Waals surface area contributed by atoms with Crippen molar-refractivity contribution in [1.29, 1.82) is 0 Å². The molecule has 0 bridgehead atoms. The molecule has 1 atom stereocenters. The lowest BCUT2D eigenvalue weighted by Crippen LogP contribution is -2.34. The Morgan fingerprint density at radius 1 is 1.13 bits per heavy atom. The van der Waals surface area contributed by atoms with Crippen LogP contribution in [0.15, 0.2) is 36.4 Å². The molecule has 0 aliphatic heterocycles. The Hall–Kier alpha value is -2.69. The monoisotopic (exact) mass is 462 g/mol. The Morgan fingerprint density at radius 3 is 2.35 bits per heavy atom. The molecule has 2 aromatic carbocycles. The van der Waals surface area contributed by atoms with Crippen molar-refractivity contribution in [3.63, 3.8) is 0 Å². The van der Waals surface area contributed by atoms with Crippen LogP contribution < -0.4 is 20.1 Å². The summed E-state index contributed by atoms with van der Waals surface area (Å²) in [5.41, 5.74) is 0.273. The van der Waals surface area contributed by atoms with Gasteiger partial charge in [-0.05, 0) is 29.3 Å². The molecular weight excluding hydrogens is 441 g/mol. The zero-order chi connectivity index (χ0) is 23.0. The fraction of sp³-hybridized carbons (Fsp3) is 0.350. The minimum atomic E-state index is -4.41. The molecule has 0 saturated heterocycles. The fourth-order valence-corrected chi connectivity index (χ4v) is 2.68. The molecule has 0 aliphatic carbocycles. The summed E-state index contributed by atoms with van der Waals surface area (Å²) >= 11 is 6.20. The van der Waals surface area contributed by atoms with Crippen molar-refractivity contribution in [3.05, 3.63) is 58.1 Å². The van der Waals surface area contributed by atoms with Gasteiger partial charge in [0.25, 0.3) is 0 Å². The van der Waals surface area contributed by atoms with Gasteiger partial charge in [-0.1, -0.05) is 23.7 Å². The van der Waals surface area contributed by atoms with Crippen LogP contribution in [0.1, 0.15) is 16.7 Å². The summed E-state index contributed by atoms with van der Waals surface area (Å²) in [5, 5.41) is 23.6. The topological polar surface area (TPSA) is 100 Å². The number of urea groups is 1. The molecule has 2 rings (SSSR count). The van der Waals surface area contributed by atoms with E-state index in [1.807, 2.05) is 0 Å². The minimum Gasteiger partial charge on any atom is -0.493 e. The van der Waals surface area contributed by atoms with Gasteiger partial charge >= 0.3 is 12.2 Å². The second-order valence-electron chi connectivity index (χ2n) is 6.47. The fourth-order valence-electron chi connectivity index (χ4n) is 2.46. The van der Waals surface area contributed by atoms with E-state index in [-0.39, 0.29) is 30.5 Å². The summed E-state index contributed by atoms with van der Waals surface area (Å²) in [5.74, 6) is 0.576. The molecule has 0 saturated carbocycles. The Morgan fingerprint density at radius 2 is 1.77 bits per heavy atom. The van der Waals surface area contributed by atoms with Gasteiger partial charge in [0, 0.05) is 24.2 Å². The molecule has 0 radical (unpaired) electrons. The predicted molar refractivity (Wildman–Crippen MR) is 107 cm³/mol. The molecule has 0 aromatic heterocycles. The van der Waals surface area contributed by atoms with E-state index in [0.29, 0.717) is 16.9 Å². The maximum atomic E-state index is 12.6. The van der Waals surface area contributed by atoms with Gasteiger partial charge in [0.2, 0.25) is 0 Å².